The van der Waals surface area contributed by atoms with Crippen LogP contribution >= 0.6 is 0 Å². The van der Waals surface area contributed by atoms with Crippen molar-refractivity contribution >= 4 is 10.9 Å². The maximum atomic E-state index is 12.8. The van der Waals surface area contributed by atoms with E-state index in [0.717, 1.165) is 0 Å². The molecule has 0 saturated heterocycles. The number of pyridine rings is 1. The molecule has 0 radical (unpaired) electrons. The standard InChI is InChI=1S/C12H12FN3O2/c1-6-14-10-4-11(17)16(8-2-7(13)3-8)5-9(10)12(18)15-6/h4-5,7-8H,2-3H2,1H3,(H,14,15,18). The van der Waals surface area contributed by atoms with Crippen LogP contribution < -0.4 is 5.56 Å². The topological polar surface area (TPSA) is 68.0 Å². The first-order valence-corrected chi connectivity index (χ1v) is 5.78. The highest BCUT2D eigenvalue weighted by Gasteiger charge is 2.31. The second-order valence-electron chi connectivity index (χ2n) is 4.63. The Bertz CT molecular complexity index is 677. The minimum Gasteiger partial charge on any atom is -0.493 e. The van der Waals surface area contributed by atoms with E-state index in [1.807, 2.05) is 0 Å². The Morgan fingerprint density at radius 2 is 2.17 bits per heavy atom. The fourth-order valence-electron chi connectivity index (χ4n) is 2.25. The largest absolute Gasteiger partial charge is 0.493 e. The van der Waals surface area contributed by atoms with Gasteiger partial charge in [-0.05, 0) is 19.8 Å². The van der Waals surface area contributed by atoms with E-state index in [4.69, 9.17) is 0 Å². The van der Waals surface area contributed by atoms with Crippen LogP contribution in [0.1, 0.15) is 24.7 Å². The summed E-state index contributed by atoms with van der Waals surface area (Å²) >= 11 is 0. The highest BCUT2D eigenvalue weighted by molar-refractivity contribution is 5.82. The fraction of sp³-hybridized carbons (Fsp3) is 0.417. The van der Waals surface area contributed by atoms with Crippen LogP contribution in [0, 0.1) is 6.92 Å². The normalized spacial score (nSPS) is 23.0. The average Bonchev–Trinajstić information content (AvgIpc) is 2.24. The van der Waals surface area contributed by atoms with Crippen LogP contribution in [0.25, 0.3) is 10.9 Å². The molecule has 1 N–H and O–H groups in total. The summed E-state index contributed by atoms with van der Waals surface area (Å²) in [6.07, 6.45) is 1.38. The number of rotatable bonds is 1. The van der Waals surface area contributed by atoms with E-state index in [0.29, 0.717) is 29.6 Å². The summed E-state index contributed by atoms with van der Waals surface area (Å²) in [4.78, 5) is 19.8. The van der Waals surface area contributed by atoms with Crippen molar-refractivity contribution in [1.82, 2.24) is 14.5 Å². The number of aromatic hydroxyl groups is 1. The Balaban J connectivity index is 2.17. The molecule has 2 aromatic rings. The van der Waals surface area contributed by atoms with Gasteiger partial charge in [0.15, 0.2) is 0 Å². The number of aromatic nitrogens is 3. The maximum absolute atomic E-state index is 12.8. The van der Waals surface area contributed by atoms with E-state index in [2.05, 4.69) is 9.97 Å². The predicted molar refractivity (Wildman–Crippen MR) is 63.4 cm³/mol. The first-order valence-electron chi connectivity index (χ1n) is 5.78. The highest BCUT2D eigenvalue weighted by atomic mass is 19.1. The molecule has 5 nitrogen and oxygen atoms in total. The molecule has 0 aromatic carbocycles. The molecule has 1 aliphatic carbocycles. The summed E-state index contributed by atoms with van der Waals surface area (Å²) in [5.74, 6) is 0.256. The van der Waals surface area contributed by atoms with Crippen LogP contribution in [0.2, 0.25) is 0 Å². The molecule has 94 valence electrons. The van der Waals surface area contributed by atoms with E-state index in [1.165, 1.54) is 16.8 Å². The van der Waals surface area contributed by atoms with E-state index in [1.54, 1.807) is 6.92 Å². The Morgan fingerprint density at radius 3 is 2.83 bits per heavy atom. The van der Waals surface area contributed by atoms with E-state index in [9.17, 15) is 14.3 Å². The number of hydrogen-bond acceptors (Lipinski definition) is 4. The molecule has 0 bridgehead atoms. The molecule has 0 amide bonds. The third-order valence-corrected chi connectivity index (χ3v) is 3.30. The fourth-order valence-corrected chi connectivity index (χ4v) is 2.25. The van der Waals surface area contributed by atoms with Gasteiger partial charge in [0, 0.05) is 18.3 Å². The minimum atomic E-state index is -0.833. The Morgan fingerprint density at radius 1 is 1.44 bits per heavy atom. The van der Waals surface area contributed by atoms with Crippen LogP contribution in [-0.2, 0) is 0 Å². The zero-order valence-corrected chi connectivity index (χ0v) is 9.80. The molecule has 6 heteroatoms. The zero-order valence-electron chi connectivity index (χ0n) is 9.80. The van der Waals surface area contributed by atoms with Crippen molar-refractivity contribution in [3.8, 4) is 5.88 Å². The quantitative estimate of drug-likeness (QED) is 0.831. The molecule has 0 aliphatic heterocycles. The Labute approximate surface area is 102 Å². The van der Waals surface area contributed by atoms with Crippen molar-refractivity contribution in [1.29, 1.82) is 0 Å². The number of nitrogens with zero attached hydrogens (tertiary/aromatic N) is 3. The first kappa shape index (κ1) is 11.1. The van der Waals surface area contributed by atoms with Gasteiger partial charge in [-0.15, -0.1) is 0 Å². The van der Waals surface area contributed by atoms with Gasteiger partial charge in [0.2, 0.25) is 5.88 Å². The van der Waals surface area contributed by atoms with Gasteiger partial charge in [-0.2, -0.15) is 4.98 Å². The van der Waals surface area contributed by atoms with Crippen LogP contribution in [-0.4, -0.2) is 25.8 Å². The van der Waals surface area contributed by atoms with Gasteiger partial charge in [0.25, 0.3) is 5.56 Å². The van der Waals surface area contributed by atoms with Crippen LogP contribution in [0.4, 0.5) is 4.39 Å². The van der Waals surface area contributed by atoms with Crippen molar-refractivity contribution in [2.75, 3.05) is 0 Å². The lowest BCUT2D eigenvalue weighted by Crippen LogP contribution is -2.34. The summed E-state index contributed by atoms with van der Waals surface area (Å²) in [7, 11) is 0. The van der Waals surface area contributed by atoms with Gasteiger partial charge in [-0.3, -0.25) is 4.79 Å². The number of alkyl halides is 1. The van der Waals surface area contributed by atoms with Gasteiger partial charge in [-0.25, -0.2) is 9.37 Å². The minimum absolute atomic E-state index is 0.127. The molecule has 2 heterocycles. The number of halogens is 1. The lowest BCUT2D eigenvalue weighted by Gasteiger charge is -2.31. The Kier molecular flexibility index (Phi) is 2.33. The van der Waals surface area contributed by atoms with Crippen molar-refractivity contribution in [2.45, 2.75) is 32.0 Å². The molecule has 1 aliphatic rings. The predicted octanol–water partition coefficient (Wildman–Crippen LogP) is 1.48. The molecule has 18 heavy (non-hydrogen) atoms. The summed E-state index contributed by atoms with van der Waals surface area (Å²) in [5.41, 5.74) is 0.189. The lowest BCUT2D eigenvalue weighted by molar-refractivity contribution is 0.134. The molecule has 2 aromatic heterocycles. The molecular weight excluding hydrogens is 237 g/mol. The van der Waals surface area contributed by atoms with Gasteiger partial charge in [0.05, 0.1) is 10.9 Å². The smallest absolute Gasteiger partial charge is 0.252 e. The zero-order chi connectivity index (χ0) is 12.9. The van der Waals surface area contributed by atoms with Crippen LogP contribution in [0.15, 0.2) is 17.1 Å². The lowest BCUT2D eigenvalue weighted by atomic mass is 9.90. The summed E-state index contributed by atoms with van der Waals surface area (Å²) in [6, 6.07) is 1.23. The van der Waals surface area contributed by atoms with Crippen molar-refractivity contribution in [3.05, 3.63) is 28.4 Å². The summed E-state index contributed by atoms with van der Waals surface area (Å²) in [5, 5.41) is 10.2. The van der Waals surface area contributed by atoms with Crippen molar-refractivity contribution in [3.63, 3.8) is 0 Å². The number of aryl methyl sites for hydroxylation is 1. The van der Waals surface area contributed by atoms with Crippen molar-refractivity contribution in [2.24, 2.45) is 0 Å². The number of hydrogen-bond donors (Lipinski definition) is 1. The molecule has 0 atom stereocenters. The van der Waals surface area contributed by atoms with Gasteiger partial charge in [0.1, 0.15) is 12.0 Å². The second kappa shape index (κ2) is 3.76. The van der Waals surface area contributed by atoms with Crippen LogP contribution in [0.3, 0.4) is 0 Å². The van der Waals surface area contributed by atoms with Gasteiger partial charge >= 0.3 is 0 Å². The first-order chi connectivity index (χ1) is 8.54. The highest BCUT2D eigenvalue weighted by Crippen LogP contribution is 2.34. The van der Waals surface area contributed by atoms with Gasteiger partial charge < -0.3 is 9.67 Å². The summed E-state index contributed by atoms with van der Waals surface area (Å²) in [6.45, 7) is 1.64. The summed E-state index contributed by atoms with van der Waals surface area (Å²) < 4.78 is 14.3. The third-order valence-electron chi connectivity index (χ3n) is 3.30. The Hall–Kier alpha value is -1.98. The van der Waals surface area contributed by atoms with E-state index in [-0.39, 0.29) is 17.5 Å². The monoisotopic (exact) mass is 249 g/mol. The SMILES string of the molecule is Cc1nc(O)c2cn(C3CC(F)C3)c(=O)cc2n1. The molecule has 0 spiro atoms. The molecule has 0 unspecified atom stereocenters. The molecular formula is C12H12FN3O2. The van der Waals surface area contributed by atoms with Crippen molar-refractivity contribution < 1.29 is 9.50 Å². The van der Waals surface area contributed by atoms with E-state index < -0.39 is 6.17 Å². The number of fused-ring (bicyclic) bond motifs is 1. The van der Waals surface area contributed by atoms with Crippen LogP contribution in [0.5, 0.6) is 5.88 Å². The van der Waals surface area contributed by atoms with E-state index >= 15 is 0 Å². The second-order valence-corrected chi connectivity index (χ2v) is 4.63. The maximum Gasteiger partial charge on any atom is 0.252 e. The third kappa shape index (κ3) is 1.64. The molecule has 3 rings (SSSR count). The van der Waals surface area contributed by atoms with Gasteiger partial charge in [-0.1, -0.05) is 0 Å². The molecule has 1 saturated carbocycles. The molecule has 1 fully saturated rings. The average molecular weight is 249 g/mol.